The van der Waals surface area contributed by atoms with Gasteiger partial charge in [-0.1, -0.05) is 26.3 Å². The summed E-state index contributed by atoms with van der Waals surface area (Å²) < 4.78 is 13.7. The van der Waals surface area contributed by atoms with Crippen LogP contribution in [0.5, 0.6) is 0 Å². The topological polar surface area (TPSA) is 78.5 Å². The van der Waals surface area contributed by atoms with Gasteiger partial charge in [0.2, 0.25) is 11.8 Å². The van der Waals surface area contributed by atoms with Gasteiger partial charge in [-0.05, 0) is 37.0 Å². The molecule has 26 heavy (non-hydrogen) atoms. The number of piperazine rings is 1. The Morgan fingerprint density at radius 2 is 2.15 bits per heavy atom. The number of fused-ring (bicyclic) bond motifs is 1. The lowest BCUT2D eigenvalue weighted by molar-refractivity contribution is -0.148. The van der Waals surface area contributed by atoms with Crippen LogP contribution in [0.4, 0.5) is 4.39 Å². The van der Waals surface area contributed by atoms with Crippen molar-refractivity contribution in [1.29, 1.82) is 0 Å². The molecular weight excluding hydrogens is 337 g/mol. The van der Waals surface area contributed by atoms with E-state index in [1.807, 2.05) is 13.8 Å². The summed E-state index contributed by atoms with van der Waals surface area (Å²) in [6, 6.07) is 2.92. The molecule has 1 aromatic rings. The standard InChI is InChI=1S/C19H24FN3O3/c1-4-10(2)16-19(26)23-9-13(8-15(23)18(25)22-16)21-17(24)12-6-5-11(3)14(20)7-12/h5-7,10,13,15-16H,4,8-9H2,1-3H3,(H,21,24)(H,22,25)/t10-,13-,15-,16-/m0/s1. The van der Waals surface area contributed by atoms with Crippen LogP contribution < -0.4 is 10.6 Å². The number of halogens is 1. The Hall–Kier alpha value is -2.44. The number of rotatable bonds is 4. The van der Waals surface area contributed by atoms with Crippen molar-refractivity contribution in [2.45, 2.75) is 51.7 Å². The maximum Gasteiger partial charge on any atom is 0.251 e. The first-order valence-corrected chi connectivity index (χ1v) is 8.99. The molecule has 2 aliphatic rings. The fourth-order valence-electron chi connectivity index (χ4n) is 3.55. The highest BCUT2D eigenvalue weighted by Gasteiger charge is 2.47. The molecule has 0 bridgehead atoms. The van der Waals surface area contributed by atoms with Crippen LogP contribution in [0, 0.1) is 18.7 Å². The molecule has 0 saturated carbocycles. The molecule has 0 spiro atoms. The first kappa shape index (κ1) is 18.4. The van der Waals surface area contributed by atoms with E-state index in [4.69, 9.17) is 0 Å². The number of nitrogens with one attached hydrogen (secondary N) is 2. The summed E-state index contributed by atoms with van der Waals surface area (Å²) in [6.45, 7) is 5.84. The van der Waals surface area contributed by atoms with Crippen LogP contribution in [0.1, 0.15) is 42.6 Å². The number of nitrogens with zero attached hydrogens (tertiary/aromatic N) is 1. The molecule has 0 unspecified atom stereocenters. The van der Waals surface area contributed by atoms with Crippen LogP contribution >= 0.6 is 0 Å². The molecule has 2 fully saturated rings. The maximum atomic E-state index is 13.7. The SMILES string of the molecule is CC[C@H](C)[C@@H]1NC(=O)[C@@H]2C[C@H](NC(=O)c3ccc(C)c(F)c3)CN2C1=O. The third-order valence-electron chi connectivity index (χ3n) is 5.43. The van der Waals surface area contributed by atoms with E-state index < -0.39 is 23.8 Å². The quantitative estimate of drug-likeness (QED) is 0.850. The van der Waals surface area contributed by atoms with E-state index in [9.17, 15) is 18.8 Å². The van der Waals surface area contributed by atoms with E-state index in [0.29, 0.717) is 18.5 Å². The molecule has 7 heteroatoms. The Morgan fingerprint density at radius 1 is 1.42 bits per heavy atom. The fraction of sp³-hybridized carbons (Fsp3) is 0.526. The Labute approximate surface area is 152 Å². The van der Waals surface area contributed by atoms with E-state index in [1.54, 1.807) is 24.0 Å². The van der Waals surface area contributed by atoms with Crippen molar-refractivity contribution < 1.29 is 18.8 Å². The predicted octanol–water partition coefficient (Wildman–Crippen LogP) is 1.38. The molecule has 6 nitrogen and oxygen atoms in total. The van der Waals surface area contributed by atoms with Gasteiger partial charge in [-0.2, -0.15) is 0 Å². The number of carbonyl (C=O) groups is 3. The Bertz CT molecular complexity index is 752. The molecule has 1 aromatic carbocycles. The number of hydrogen-bond acceptors (Lipinski definition) is 3. The molecule has 4 atom stereocenters. The van der Waals surface area contributed by atoms with Crippen molar-refractivity contribution in [2.24, 2.45) is 5.92 Å². The van der Waals surface area contributed by atoms with E-state index in [1.165, 1.54) is 6.07 Å². The van der Waals surface area contributed by atoms with Crippen molar-refractivity contribution in [2.75, 3.05) is 6.54 Å². The number of amides is 3. The lowest BCUT2D eigenvalue weighted by Gasteiger charge is -2.36. The van der Waals surface area contributed by atoms with Crippen LogP contribution in [0.2, 0.25) is 0 Å². The van der Waals surface area contributed by atoms with E-state index in [-0.39, 0.29) is 29.3 Å². The van der Waals surface area contributed by atoms with E-state index in [2.05, 4.69) is 10.6 Å². The second-order valence-corrected chi connectivity index (χ2v) is 7.25. The number of carbonyl (C=O) groups excluding carboxylic acids is 3. The summed E-state index contributed by atoms with van der Waals surface area (Å²) >= 11 is 0. The second kappa shape index (κ2) is 7.05. The molecule has 3 rings (SSSR count). The van der Waals surface area contributed by atoms with Gasteiger partial charge in [-0.25, -0.2) is 4.39 Å². The molecule has 2 heterocycles. The molecule has 2 aliphatic heterocycles. The zero-order valence-electron chi connectivity index (χ0n) is 15.2. The minimum atomic E-state index is -0.553. The third-order valence-corrected chi connectivity index (χ3v) is 5.43. The predicted molar refractivity (Wildman–Crippen MR) is 93.9 cm³/mol. The number of hydrogen-bond donors (Lipinski definition) is 2. The van der Waals surface area contributed by atoms with Gasteiger partial charge in [0.25, 0.3) is 5.91 Å². The van der Waals surface area contributed by atoms with Crippen molar-refractivity contribution in [3.05, 3.63) is 35.1 Å². The Morgan fingerprint density at radius 3 is 2.81 bits per heavy atom. The van der Waals surface area contributed by atoms with E-state index >= 15 is 0 Å². The van der Waals surface area contributed by atoms with Crippen LogP contribution in [0.25, 0.3) is 0 Å². The summed E-state index contributed by atoms with van der Waals surface area (Å²) in [4.78, 5) is 39.0. The summed E-state index contributed by atoms with van der Waals surface area (Å²) in [6.07, 6.45) is 1.15. The van der Waals surface area contributed by atoms with E-state index in [0.717, 1.165) is 6.42 Å². The highest BCUT2D eigenvalue weighted by molar-refractivity contribution is 5.98. The summed E-state index contributed by atoms with van der Waals surface area (Å²) in [5, 5.41) is 5.63. The highest BCUT2D eigenvalue weighted by Crippen LogP contribution is 2.26. The highest BCUT2D eigenvalue weighted by atomic mass is 19.1. The molecular formula is C19H24FN3O3. The van der Waals surface area contributed by atoms with Crippen molar-refractivity contribution in [3.8, 4) is 0 Å². The first-order chi connectivity index (χ1) is 12.3. The monoisotopic (exact) mass is 361 g/mol. The fourth-order valence-corrected chi connectivity index (χ4v) is 3.55. The Kier molecular flexibility index (Phi) is 4.98. The minimum Gasteiger partial charge on any atom is -0.347 e. The van der Waals surface area contributed by atoms with Gasteiger partial charge in [0.15, 0.2) is 0 Å². The maximum absolute atomic E-state index is 13.7. The second-order valence-electron chi connectivity index (χ2n) is 7.25. The van der Waals surface area contributed by atoms with Gasteiger partial charge in [0.1, 0.15) is 17.9 Å². The molecule has 0 aliphatic carbocycles. The van der Waals surface area contributed by atoms with Crippen LogP contribution in [0.15, 0.2) is 18.2 Å². The minimum absolute atomic E-state index is 0.0524. The van der Waals surface area contributed by atoms with Crippen molar-refractivity contribution in [3.63, 3.8) is 0 Å². The van der Waals surface area contributed by atoms with Gasteiger partial charge >= 0.3 is 0 Å². The van der Waals surface area contributed by atoms with Crippen LogP contribution in [-0.2, 0) is 9.59 Å². The lowest BCUT2D eigenvalue weighted by atomic mass is 9.95. The molecule has 3 amide bonds. The molecule has 2 saturated heterocycles. The average Bonchev–Trinajstić information content (AvgIpc) is 3.04. The molecule has 0 aromatic heterocycles. The zero-order chi connectivity index (χ0) is 19.0. The zero-order valence-corrected chi connectivity index (χ0v) is 15.2. The summed E-state index contributed by atoms with van der Waals surface area (Å²) in [5.74, 6) is -1.06. The van der Waals surface area contributed by atoms with Crippen molar-refractivity contribution in [1.82, 2.24) is 15.5 Å². The summed E-state index contributed by atoms with van der Waals surface area (Å²) in [5.41, 5.74) is 0.698. The van der Waals surface area contributed by atoms with Crippen LogP contribution in [0.3, 0.4) is 0 Å². The Balaban J connectivity index is 1.69. The number of aryl methyl sites for hydroxylation is 1. The lowest BCUT2D eigenvalue weighted by Crippen LogP contribution is -2.62. The van der Waals surface area contributed by atoms with Gasteiger partial charge < -0.3 is 15.5 Å². The number of benzene rings is 1. The van der Waals surface area contributed by atoms with Gasteiger partial charge in [0.05, 0.1) is 0 Å². The third kappa shape index (κ3) is 3.30. The van der Waals surface area contributed by atoms with Gasteiger partial charge in [0, 0.05) is 18.2 Å². The normalized spacial score (nSPS) is 26.3. The average molecular weight is 361 g/mol. The van der Waals surface area contributed by atoms with Gasteiger partial charge in [-0.15, -0.1) is 0 Å². The molecule has 2 N–H and O–H groups in total. The van der Waals surface area contributed by atoms with Crippen molar-refractivity contribution >= 4 is 17.7 Å². The smallest absolute Gasteiger partial charge is 0.251 e. The summed E-state index contributed by atoms with van der Waals surface area (Å²) in [7, 11) is 0. The molecule has 0 radical (unpaired) electrons. The van der Waals surface area contributed by atoms with Crippen LogP contribution in [-0.4, -0.2) is 47.3 Å². The first-order valence-electron chi connectivity index (χ1n) is 8.99. The molecule has 140 valence electrons. The van der Waals surface area contributed by atoms with Gasteiger partial charge in [-0.3, -0.25) is 14.4 Å². The largest absolute Gasteiger partial charge is 0.347 e.